The molecule has 1 aromatic carbocycles. The fourth-order valence-corrected chi connectivity index (χ4v) is 3.97. The Morgan fingerprint density at radius 1 is 1.44 bits per heavy atom. The van der Waals surface area contributed by atoms with Crippen molar-refractivity contribution in [1.82, 2.24) is 10.2 Å². The van der Waals surface area contributed by atoms with E-state index in [-0.39, 0.29) is 30.0 Å². The number of benzene rings is 1. The predicted molar refractivity (Wildman–Crippen MR) is 96.6 cm³/mol. The quantitative estimate of drug-likeness (QED) is 0.836. The molecule has 1 spiro atoms. The van der Waals surface area contributed by atoms with Crippen molar-refractivity contribution < 1.29 is 14.3 Å². The molecule has 134 valence electrons. The van der Waals surface area contributed by atoms with Crippen LogP contribution in [-0.4, -0.2) is 35.9 Å². The van der Waals surface area contributed by atoms with Gasteiger partial charge in [0.1, 0.15) is 11.4 Å². The molecular weight excluding hydrogens is 340 g/mol. The zero-order valence-electron chi connectivity index (χ0n) is 14.4. The van der Waals surface area contributed by atoms with Gasteiger partial charge < -0.3 is 15.0 Å². The van der Waals surface area contributed by atoms with E-state index in [0.717, 1.165) is 43.4 Å². The molecule has 1 heterocycles. The van der Waals surface area contributed by atoms with Crippen LogP contribution < -0.4 is 10.1 Å². The van der Waals surface area contributed by atoms with Crippen LogP contribution in [0.2, 0.25) is 5.02 Å². The topological polar surface area (TPSA) is 58.6 Å². The highest BCUT2D eigenvalue weighted by Gasteiger charge is 2.43. The highest BCUT2D eigenvalue weighted by molar-refractivity contribution is 6.30. The van der Waals surface area contributed by atoms with E-state index in [2.05, 4.69) is 11.9 Å². The predicted octanol–water partition coefficient (Wildman–Crippen LogP) is 3.24. The van der Waals surface area contributed by atoms with Gasteiger partial charge in [0.25, 0.3) is 0 Å². The summed E-state index contributed by atoms with van der Waals surface area (Å²) in [5, 5.41) is 3.67. The maximum Gasteiger partial charge on any atom is 0.246 e. The number of amides is 2. The number of fused-ring (bicyclic) bond motifs is 1. The van der Waals surface area contributed by atoms with Crippen LogP contribution in [0.25, 0.3) is 0 Å². The number of likely N-dealkylation sites (N-methyl/N-ethyl adjacent to an activating group) is 1. The first-order valence-corrected chi connectivity index (χ1v) is 8.96. The molecular formula is C19H23ClN2O3. The Balaban J connectivity index is 1.79. The van der Waals surface area contributed by atoms with Crippen molar-refractivity contribution in [3.63, 3.8) is 0 Å². The third kappa shape index (κ3) is 3.82. The van der Waals surface area contributed by atoms with E-state index in [0.29, 0.717) is 5.02 Å². The lowest BCUT2D eigenvalue weighted by molar-refractivity contribution is -0.131. The summed E-state index contributed by atoms with van der Waals surface area (Å²) < 4.78 is 6.30. The minimum absolute atomic E-state index is 0.00882. The smallest absolute Gasteiger partial charge is 0.246 e. The van der Waals surface area contributed by atoms with Crippen molar-refractivity contribution in [2.24, 2.45) is 0 Å². The molecule has 3 rings (SSSR count). The van der Waals surface area contributed by atoms with Crippen LogP contribution in [0.15, 0.2) is 30.9 Å². The standard InChI is InChI=1S/C19H23ClN2O3/c1-3-18(24)22(2)12-17(23)21-15-11-19(8-4-5-9-19)25-16-7-6-13(20)10-14(15)16/h3,6-7,10,15H,1,4-5,8-9,11-12H2,2H3,(H,21,23)/t15-/m0/s1. The molecule has 2 aliphatic rings. The van der Waals surface area contributed by atoms with Crippen molar-refractivity contribution in [2.75, 3.05) is 13.6 Å². The van der Waals surface area contributed by atoms with Gasteiger partial charge in [-0.2, -0.15) is 0 Å². The second kappa shape index (κ2) is 7.08. The molecule has 5 nitrogen and oxygen atoms in total. The molecule has 6 heteroatoms. The summed E-state index contributed by atoms with van der Waals surface area (Å²) in [6, 6.07) is 5.37. The Bertz CT molecular complexity index is 698. The van der Waals surface area contributed by atoms with Gasteiger partial charge in [0.15, 0.2) is 0 Å². The SMILES string of the molecule is C=CC(=O)N(C)CC(=O)N[C@H]1CC2(CCCC2)Oc2ccc(Cl)cc21. The Labute approximate surface area is 153 Å². The van der Waals surface area contributed by atoms with E-state index < -0.39 is 0 Å². The lowest BCUT2D eigenvalue weighted by atomic mass is 9.86. The summed E-state index contributed by atoms with van der Waals surface area (Å²) in [5.41, 5.74) is 0.692. The summed E-state index contributed by atoms with van der Waals surface area (Å²) in [6.07, 6.45) is 6.20. The molecule has 2 amide bonds. The van der Waals surface area contributed by atoms with Gasteiger partial charge in [0, 0.05) is 24.1 Å². The van der Waals surface area contributed by atoms with E-state index in [1.54, 1.807) is 7.05 Å². The van der Waals surface area contributed by atoms with Crippen molar-refractivity contribution in [3.8, 4) is 5.75 Å². The van der Waals surface area contributed by atoms with Crippen LogP contribution in [0, 0.1) is 0 Å². The summed E-state index contributed by atoms with van der Waals surface area (Å²) in [7, 11) is 1.58. The second-order valence-electron chi connectivity index (χ2n) is 6.90. The fourth-order valence-electron chi connectivity index (χ4n) is 3.78. The summed E-state index contributed by atoms with van der Waals surface area (Å²) in [4.78, 5) is 25.3. The molecule has 1 aliphatic heterocycles. The number of carbonyl (C=O) groups excluding carboxylic acids is 2. The molecule has 1 aromatic rings. The van der Waals surface area contributed by atoms with Gasteiger partial charge in [-0.15, -0.1) is 0 Å². The van der Waals surface area contributed by atoms with Crippen molar-refractivity contribution in [2.45, 2.75) is 43.7 Å². The van der Waals surface area contributed by atoms with Crippen LogP contribution in [0.3, 0.4) is 0 Å². The molecule has 0 aromatic heterocycles. The largest absolute Gasteiger partial charge is 0.487 e. The number of carbonyl (C=O) groups is 2. The van der Waals surface area contributed by atoms with E-state index in [4.69, 9.17) is 16.3 Å². The third-order valence-electron chi connectivity index (χ3n) is 5.03. The molecule has 1 aliphatic carbocycles. The Morgan fingerprint density at radius 3 is 2.84 bits per heavy atom. The highest BCUT2D eigenvalue weighted by atomic mass is 35.5. The summed E-state index contributed by atoms with van der Waals surface area (Å²) in [5.74, 6) is 0.305. The molecule has 0 unspecified atom stereocenters. The molecule has 1 saturated carbocycles. The van der Waals surface area contributed by atoms with Gasteiger partial charge >= 0.3 is 0 Å². The lowest BCUT2D eigenvalue weighted by Crippen LogP contribution is -2.45. The summed E-state index contributed by atoms with van der Waals surface area (Å²) in [6.45, 7) is 3.43. The number of nitrogens with one attached hydrogen (secondary N) is 1. The first-order valence-electron chi connectivity index (χ1n) is 8.58. The lowest BCUT2D eigenvalue weighted by Gasteiger charge is -2.40. The molecule has 0 bridgehead atoms. The minimum atomic E-state index is -0.280. The average Bonchev–Trinajstić information content (AvgIpc) is 3.02. The van der Waals surface area contributed by atoms with Gasteiger partial charge in [0.2, 0.25) is 11.8 Å². The van der Waals surface area contributed by atoms with Gasteiger partial charge in [-0.3, -0.25) is 9.59 Å². The van der Waals surface area contributed by atoms with Gasteiger partial charge in [-0.05, 0) is 50.0 Å². The number of rotatable bonds is 4. The molecule has 25 heavy (non-hydrogen) atoms. The maximum absolute atomic E-state index is 12.4. The van der Waals surface area contributed by atoms with E-state index in [1.165, 1.54) is 11.0 Å². The van der Waals surface area contributed by atoms with Crippen LogP contribution in [0.1, 0.15) is 43.7 Å². The van der Waals surface area contributed by atoms with Crippen molar-refractivity contribution >= 4 is 23.4 Å². The maximum atomic E-state index is 12.4. The average molecular weight is 363 g/mol. The molecule has 1 atom stereocenters. The Kier molecular flexibility index (Phi) is 5.04. The van der Waals surface area contributed by atoms with Crippen molar-refractivity contribution in [3.05, 3.63) is 41.4 Å². The number of ether oxygens (including phenoxy) is 1. The van der Waals surface area contributed by atoms with Gasteiger partial charge in [0.05, 0.1) is 12.6 Å². The van der Waals surface area contributed by atoms with Crippen LogP contribution in [0.4, 0.5) is 0 Å². The number of nitrogens with zero attached hydrogens (tertiary/aromatic N) is 1. The van der Waals surface area contributed by atoms with Gasteiger partial charge in [-0.25, -0.2) is 0 Å². The van der Waals surface area contributed by atoms with E-state index in [9.17, 15) is 9.59 Å². The molecule has 0 saturated heterocycles. The molecule has 1 N–H and O–H groups in total. The zero-order chi connectivity index (χ0) is 18.0. The second-order valence-corrected chi connectivity index (χ2v) is 7.33. The monoisotopic (exact) mass is 362 g/mol. The summed E-state index contributed by atoms with van der Waals surface area (Å²) >= 11 is 6.14. The molecule has 0 radical (unpaired) electrons. The third-order valence-corrected chi connectivity index (χ3v) is 5.27. The number of hydrogen-bond acceptors (Lipinski definition) is 3. The minimum Gasteiger partial charge on any atom is -0.487 e. The van der Waals surface area contributed by atoms with E-state index in [1.807, 2.05) is 18.2 Å². The normalized spacial score (nSPS) is 20.5. The first kappa shape index (κ1) is 17.8. The number of hydrogen-bond donors (Lipinski definition) is 1. The van der Waals surface area contributed by atoms with Gasteiger partial charge in [-0.1, -0.05) is 18.2 Å². The number of halogens is 1. The Morgan fingerprint density at radius 2 is 2.16 bits per heavy atom. The Hall–Kier alpha value is -2.01. The van der Waals surface area contributed by atoms with E-state index >= 15 is 0 Å². The van der Waals surface area contributed by atoms with Crippen molar-refractivity contribution in [1.29, 1.82) is 0 Å². The first-order chi connectivity index (χ1) is 11.9. The van der Waals surface area contributed by atoms with Crippen LogP contribution >= 0.6 is 11.6 Å². The van der Waals surface area contributed by atoms with Crippen LogP contribution in [0.5, 0.6) is 5.75 Å². The molecule has 1 fully saturated rings. The van der Waals surface area contributed by atoms with Crippen LogP contribution in [-0.2, 0) is 9.59 Å². The zero-order valence-corrected chi connectivity index (χ0v) is 15.1. The highest BCUT2D eigenvalue weighted by Crippen LogP contribution is 2.47. The fraction of sp³-hybridized carbons (Fsp3) is 0.474.